The number of halogens is 2. The number of rotatable bonds is 4. The number of carbonyl (C=O) groups is 1. The first-order valence-corrected chi connectivity index (χ1v) is 10.6. The number of aryl methyl sites for hydroxylation is 1. The van der Waals surface area contributed by atoms with E-state index in [0.29, 0.717) is 28.7 Å². The predicted octanol–water partition coefficient (Wildman–Crippen LogP) is 4.98. The average Bonchev–Trinajstić information content (AvgIpc) is 3.31. The monoisotopic (exact) mass is 435 g/mol. The van der Waals surface area contributed by atoms with Crippen molar-refractivity contribution < 1.29 is 9.21 Å². The van der Waals surface area contributed by atoms with Crippen LogP contribution in [0.25, 0.3) is 10.8 Å². The molecule has 8 heteroatoms. The fraction of sp³-hybridized carbons (Fsp3) is 0.300. The van der Waals surface area contributed by atoms with E-state index < -0.39 is 0 Å². The van der Waals surface area contributed by atoms with Crippen molar-refractivity contribution in [3.05, 3.63) is 62.8 Å². The molecule has 0 radical (unpaired) electrons. The summed E-state index contributed by atoms with van der Waals surface area (Å²) in [5.41, 5.74) is 1.52. The molecular weight excluding hydrogens is 417 g/mol. The number of amides is 1. The van der Waals surface area contributed by atoms with Gasteiger partial charge in [-0.3, -0.25) is 9.69 Å². The quantitative estimate of drug-likeness (QED) is 0.579. The second-order valence-corrected chi connectivity index (χ2v) is 8.45. The molecule has 0 aliphatic carbocycles. The van der Waals surface area contributed by atoms with Gasteiger partial charge in [-0.05, 0) is 37.3 Å². The van der Waals surface area contributed by atoms with Crippen LogP contribution in [0.2, 0.25) is 10.0 Å². The smallest absolute Gasteiger partial charge is 0.255 e. The molecule has 0 bridgehead atoms. The van der Waals surface area contributed by atoms with Crippen LogP contribution in [-0.4, -0.2) is 46.9 Å². The highest BCUT2D eigenvalue weighted by molar-refractivity contribution is 7.13. The Balaban J connectivity index is 1.34. The lowest BCUT2D eigenvalue weighted by molar-refractivity contribution is 0.0627. The topological polar surface area (TPSA) is 49.6 Å². The van der Waals surface area contributed by atoms with Crippen LogP contribution in [0.4, 0.5) is 0 Å². The molecule has 0 unspecified atom stereocenters. The molecule has 0 atom stereocenters. The number of hydrogen-bond donors (Lipinski definition) is 0. The highest BCUT2D eigenvalue weighted by atomic mass is 35.5. The number of nitrogens with zero attached hydrogens (tertiary/aromatic N) is 3. The van der Waals surface area contributed by atoms with Crippen molar-refractivity contribution in [2.75, 3.05) is 26.2 Å². The van der Waals surface area contributed by atoms with E-state index in [-0.39, 0.29) is 5.91 Å². The fourth-order valence-electron chi connectivity index (χ4n) is 3.21. The van der Waals surface area contributed by atoms with Crippen molar-refractivity contribution in [3.8, 4) is 10.8 Å². The van der Waals surface area contributed by atoms with Gasteiger partial charge < -0.3 is 9.32 Å². The van der Waals surface area contributed by atoms with E-state index in [2.05, 4.69) is 15.3 Å². The van der Waals surface area contributed by atoms with Crippen LogP contribution >= 0.6 is 34.5 Å². The summed E-state index contributed by atoms with van der Waals surface area (Å²) >= 11 is 13.7. The zero-order chi connectivity index (χ0) is 19.7. The summed E-state index contributed by atoms with van der Waals surface area (Å²) in [6.07, 6.45) is 0. The van der Waals surface area contributed by atoms with Crippen LogP contribution in [0, 0.1) is 6.92 Å². The van der Waals surface area contributed by atoms with Crippen LogP contribution in [0.3, 0.4) is 0 Å². The molecule has 1 aromatic carbocycles. The van der Waals surface area contributed by atoms with Crippen molar-refractivity contribution in [1.29, 1.82) is 0 Å². The van der Waals surface area contributed by atoms with Crippen molar-refractivity contribution in [3.63, 3.8) is 0 Å². The highest BCUT2D eigenvalue weighted by Gasteiger charge is 2.24. The third-order valence-corrected chi connectivity index (χ3v) is 6.16. The lowest BCUT2D eigenvalue weighted by atomic mass is 10.1. The number of thiazole rings is 1. The maximum atomic E-state index is 12.7. The summed E-state index contributed by atoms with van der Waals surface area (Å²) in [6, 6.07) is 8.88. The van der Waals surface area contributed by atoms with Crippen molar-refractivity contribution >= 4 is 40.4 Å². The number of benzene rings is 1. The molecule has 1 aliphatic heterocycles. The Bertz CT molecular complexity index is 993. The van der Waals surface area contributed by atoms with Gasteiger partial charge in [-0.2, -0.15) is 0 Å². The summed E-state index contributed by atoms with van der Waals surface area (Å²) in [7, 11) is 0. The van der Waals surface area contributed by atoms with Crippen molar-refractivity contribution in [1.82, 2.24) is 14.8 Å². The number of piperazine rings is 1. The largest absolute Gasteiger partial charge is 0.459 e. The SMILES string of the molecule is Cc1ccc(-c2nc(CN3CCN(C(=O)c4ccc(Cl)cc4Cl)CC3)cs2)o1. The summed E-state index contributed by atoms with van der Waals surface area (Å²) < 4.78 is 5.64. The highest BCUT2D eigenvalue weighted by Crippen LogP contribution is 2.26. The lowest BCUT2D eigenvalue weighted by Crippen LogP contribution is -2.48. The minimum atomic E-state index is -0.0505. The summed E-state index contributed by atoms with van der Waals surface area (Å²) in [4.78, 5) is 21.5. The van der Waals surface area contributed by atoms with Crippen molar-refractivity contribution in [2.45, 2.75) is 13.5 Å². The Hall–Kier alpha value is -1.86. The molecule has 3 aromatic rings. The molecule has 1 amide bonds. The average molecular weight is 436 g/mol. The van der Waals surface area contributed by atoms with Crippen molar-refractivity contribution in [2.24, 2.45) is 0 Å². The molecule has 146 valence electrons. The summed E-state index contributed by atoms with van der Waals surface area (Å²) in [6.45, 7) is 5.60. The maximum Gasteiger partial charge on any atom is 0.255 e. The summed E-state index contributed by atoms with van der Waals surface area (Å²) in [5.74, 6) is 1.64. The van der Waals surface area contributed by atoms with E-state index in [1.807, 2.05) is 24.0 Å². The standard InChI is InChI=1S/C20H19Cl2N3O2S/c1-13-2-5-18(27-13)19-23-15(12-28-19)11-24-6-8-25(9-7-24)20(26)16-4-3-14(21)10-17(16)22/h2-5,10,12H,6-9,11H2,1H3. The first-order chi connectivity index (χ1) is 13.5. The van der Waals surface area contributed by atoms with Crippen LogP contribution in [0.15, 0.2) is 40.1 Å². The molecule has 0 saturated carbocycles. The Morgan fingerprint density at radius 2 is 1.96 bits per heavy atom. The molecule has 5 nitrogen and oxygen atoms in total. The zero-order valence-corrected chi connectivity index (χ0v) is 17.7. The van der Waals surface area contributed by atoms with Gasteiger partial charge in [0.25, 0.3) is 5.91 Å². The van der Waals surface area contributed by atoms with E-state index in [0.717, 1.165) is 41.9 Å². The third-order valence-electron chi connectivity index (χ3n) is 4.71. The normalized spacial score (nSPS) is 15.2. The molecule has 3 heterocycles. The molecular formula is C20H19Cl2N3O2S. The van der Waals surface area contributed by atoms with Crippen LogP contribution in [0.1, 0.15) is 21.8 Å². The lowest BCUT2D eigenvalue weighted by Gasteiger charge is -2.34. The molecule has 4 rings (SSSR count). The second-order valence-electron chi connectivity index (χ2n) is 6.75. The minimum Gasteiger partial charge on any atom is -0.459 e. The van der Waals surface area contributed by atoms with E-state index in [4.69, 9.17) is 27.6 Å². The molecule has 0 N–H and O–H groups in total. The van der Waals surface area contributed by atoms with E-state index in [9.17, 15) is 4.79 Å². The Kier molecular flexibility index (Phi) is 5.73. The van der Waals surface area contributed by atoms with Gasteiger partial charge in [0.2, 0.25) is 0 Å². The summed E-state index contributed by atoms with van der Waals surface area (Å²) in [5, 5.41) is 3.88. The van der Waals surface area contributed by atoms with Gasteiger partial charge in [0.15, 0.2) is 10.8 Å². The number of aromatic nitrogens is 1. The molecule has 1 saturated heterocycles. The van der Waals surface area contributed by atoms with Crippen LogP contribution in [0.5, 0.6) is 0 Å². The first kappa shape index (κ1) is 19.5. The number of furan rings is 1. The molecule has 1 aliphatic rings. The van der Waals surface area contributed by atoms with Gasteiger partial charge in [0.1, 0.15) is 5.76 Å². The van der Waals surface area contributed by atoms with Gasteiger partial charge in [-0.15, -0.1) is 11.3 Å². The second kappa shape index (κ2) is 8.25. The van der Waals surface area contributed by atoms with Gasteiger partial charge in [0.05, 0.1) is 16.3 Å². The van der Waals surface area contributed by atoms with Gasteiger partial charge >= 0.3 is 0 Å². The maximum absolute atomic E-state index is 12.7. The third kappa shape index (κ3) is 4.25. The Morgan fingerprint density at radius 3 is 2.64 bits per heavy atom. The minimum absolute atomic E-state index is 0.0505. The van der Waals surface area contributed by atoms with Gasteiger partial charge in [0, 0.05) is 43.1 Å². The van der Waals surface area contributed by atoms with Gasteiger partial charge in [-0.1, -0.05) is 23.2 Å². The van der Waals surface area contributed by atoms with E-state index >= 15 is 0 Å². The number of hydrogen-bond acceptors (Lipinski definition) is 5. The van der Waals surface area contributed by atoms with Crippen LogP contribution in [-0.2, 0) is 6.54 Å². The van der Waals surface area contributed by atoms with E-state index in [1.165, 1.54) is 0 Å². The first-order valence-electron chi connectivity index (χ1n) is 8.97. The molecule has 2 aromatic heterocycles. The predicted molar refractivity (Wildman–Crippen MR) is 112 cm³/mol. The fourth-order valence-corrected chi connectivity index (χ4v) is 4.47. The Labute approximate surface area is 177 Å². The molecule has 1 fully saturated rings. The van der Waals surface area contributed by atoms with Gasteiger partial charge in [-0.25, -0.2) is 4.98 Å². The zero-order valence-electron chi connectivity index (χ0n) is 15.3. The Morgan fingerprint density at radius 1 is 1.18 bits per heavy atom. The molecule has 0 spiro atoms. The van der Waals surface area contributed by atoms with E-state index in [1.54, 1.807) is 29.5 Å². The molecule has 28 heavy (non-hydrogen) atoms. The van der Waals surface area contributed by atoms with Crippen LogP contribution < -0.4 is 0 Å². The number of carbonyl (C=O) groups excluding carboxylic acids is 1.